The number of nitrogens with two attached hydrogens (primary N) is 1. The molecule has 1 aliphatic carbocycles. The second-order valence-corrected chi connectivity index (χ2v) is 7.60. The molecule has 2 N–H and O–H groups in total. The smallest absolute Gasteiger partial charge is 0.0318 e. The molecule has 2 rings (SSSR count). The van der Waals surface area contributed by atoms with Crippen LogP contribution in [-0.2, 0) is 6.42 Å². The van der Waals surface area contributed by atoms with Crippen molar-refractivity contribution < 1.29 is 0 Å². The summed E-state index contributed by atoms with van der Waals surface area (Å²) in [5, 5.41) is 0. The lowest BCUT2D eigenvalue weighted by atomic mass is 9.74. The summed E-state index contributed by atoms with van der Waals surface area (Å²) in [5.74, 6) is 0.785. The first-order valence-corrected chi connectivity index (χ1v) is 7.75. The minimum atomic E-state index is 0.220. The lowest BCUT2D eigenvalue weighted by Gasteiger charge is -2.35. The van der Waals surface area contributed by atoms with Crippen molar-refractivity contribution >= 4 is 0 Å². The SMILES string of the molecule is CC(C)CCC(C)n1ccc2c1CC(C)(C)CC2N. The van der Waals surface area contributed by atoms with E-state index in [2.05, 4.69) is 51.4 Å². The maximum atomic E-state index is 6.34. The number of fused-ring (bicyclic) bond motifs is 1. The van der Waals surface area contributed by atoms with Crippen LogP contribution in [0, 0.1) is 11.3 Å². The molecule has 0 saturated carbocycles. The maximum absolute atomic E-state index is 6.34. The number of nitrogens with zero attached hydrogens (tertiary/aromatic N) is 1. The summed E-state index contributed by atoms with van der Waals surface area (Å²) in [7, 11) is 0. The van der Waals surface area contributed by atoms with Gasteiger partial charge in [0.05, 0.1) is 0 Å². The molecule has 0 spiro atoms. The average Bonchev–Trinajstić information content (AvgIpc) is 2.67. The van der Waals surface area contributed by atoms with Crippen LogP contribution in [-0.4, -0.2) is 4.57 Å². The number of hydrogen-bond acceptors (Lipinski definition) is 1. The topological polar surface area (TPSA) is 30.9 Å². The maximum Gasteiger partial charge on any atom is 0.0318 e. The van der Waals surface area contributed by atoms with E-state index in [4.69, 9.17) is 5.73 Å². The zero-order valence-corrected chi connectivity index (χ0v) is 13.2. The summed E-state index contributed by atoms with van der Waals surface area (Å²) in [5.41, 5.74) is 9.55. The first kappa shape index (κ1) is 14.6. The first-order valence-electron chi connectivity index (χ1n) is 7.75. The van der Waals surface area contributed by atoms with Gasteiger partial charge in [-0.15, -0.1) is 0 Å². The summed E-state index contributed by atoms with van der Waals surface area (Å²) < 4.78 is 2.48. The molecule has 1 aromatic rings. The Morgan fingerprint density at radius 3 is 2.63 bits per heavy atom. The monoisotopic (exact) mass is 262 g/mol. The van der Waals surface area contributed by atoms with Crippen LogP contribution in [0.5, 0.6) is 0 Å². The minimum Gasteiger partial charge on any atom is -0.348 e. The number of aromatic nitrogens is 1. The van der Waals surface area contributed by atoms with E-state index in [1.807, 2.05) is 0 Å². The molecule has 2 unspecified atom stereocenters. The highest BCUT2D eigenvalue weighted by atomic mass is 15.0. The fourth-order valence-corrected chi connectivity index (χ4v) is 3.38. The minimum absolute atomic E-state index is 0.220. The van der Waals surface area contributed by atoms with Crippen LogP contribution in [0.2, 0.25) is 0 Å². The normalized spacial score (nSPS) is 23.4. The van der Waals surface area contributed by atoms with Crippen molar-refractivity contribution in [1.82, 2.24) is 4.57 Å². The van der Waals surface area contributed by atoms with Gasteiger partial charge in [-0.2, -0.15) is 0 Å². The summed E-state index contributed by atoms with van der Waals surface area (Å²) >= 11 is 0. The van der Waals surface area contributed by atoms with E-state index in [1.54, 1.807) is 0 Å². The van der Waals surface area contributed by atoms with Crippen molar-refractivity contribution in [3.8, 4) is 0 Å². The summed E-state index contributed by atoms with van der Waals surface area (Å²) in [6, 6.07) is 3.06. The first-order chi connectivity index (χ1) is 8.80. The van der Waals surface area contributed by atoms with Crippen molar-refractivity contribution in [2.24, 2.45) is 17.1 Å². The molecule has 19 heavy (non-hydrogen) atoms. The molecule has 0 radical (unpaired) electrons. The number of hydrogen-bond donors (Lipinski definition) is 1. The van der Waals surface area contributed by atoms with Gasteiger partial charge in [0.1, 0.15) is 0 Å². The molecule has 2 nitrogen and oxygen atoms in total. The molecule has 1 aliphatic rings. The zero-order valence-electron chi connectivity index (χ0n) is 13.2. The predicted molar refractivity (Wildman–Crippen MR) is 82.2 cm³/mol. The van der Waals surface area contributed by atoms with Gasteiger partial charge in [-0.25, -0.2) is 0 Å². The average molecular weight is 262 g/mol. The third-order valence-electron chi connectivity index (χ3n) is 4.51. The van der Waals surface area contributed by atoms with E-state index in [0.29, 0.717) is 11.5 Å². The molecular weight excluding hydrogens is 232 g/mol. The van der Waals surface area contributed by atoms with Crippen molar-refractivity contribution in [1.29, 1.82) is 0 Å². The van der Waals surface area contributed by atoms with Crippen LogP contribution in [0.1, 0.15) is 77.2 Å². The highest BCUT2D eigenvalue weighted by Crippen LogP contribution is 2.41. The van der Waals surface area contributed by atoms with E-state index in [-0.39, 0.29) is 6.04 Å². The van der Waals surface area contributed by atoms with Crippen LogP contribution >= 0.6 is 0 Å². The third kappa shape index (κ3) is 3.22. The van der Waals surface area contributed by atoms with Gasteiger partial charge in [-0.3, -0.25) is 0 Å². The fourth-order valence-electron chi connectivity index (χ4n) is 3.38. The Kier molecular flexibility index (Phi) is 4.10. The van der Waals surface area contributed by atoms with E-state index in [9.17, 15) is 0 Å². The molecule has 2 heteroatoms. The molecule has 0 saturated heterocycles. The van der Waals surface area contributed by atoms with Crippen molar-refractivity contribution in [3.05, 3.63) is 23.5 Å². The highest BCUT2D eigenvalue weighted by Gasteiger charge is 2.32. The summed E-state index contributed by atoms with van der Waals surface area (Å²) in [6.07, 6.45) is 7.08. The van der Waals surface area contributed by atoms with Gasteiger partial charge in [0.15, 0.2) is 0 Å². The largest absolute Gasteiger partial charge is 0.348 e. The molecule has 1 aromatic heterocycles. The van der Waals surface area contributed by atoms with Gasteiger partial charge in [0.2, 0.25) is 0 Å². The predicted octanol–water partition coefficient (Wildman–Crippen LogP) is 4.46. The van der Waals surface area contributed by atoms with Gasteiger partial charge in [-0.05, 0) is 55.6 Å². The van der Waals surface area contributed by atoms with Crippen LogP contribution < -0.4 is 5.73 Å². The molecule has 0 aliphatic heterocycles. The lowest BCUT2D eigenvalue weighted by Crippen LogP contribution is -2.30. The quantitative estimate of drug-likeness (QED) is 0.853. The Morgan fingerprint density at radius 1 is 1.32 bits per heavy atom. The lowest BCUT2D eigenvalue weighted by molar-refractivity contribution is 0.270. The Bertz CT molecular complexity index is 428. The fraction of sp³-hybridized carbons (Fsp3) is 0.765. The molecule has 0 fully saturated rings. The Labute approximate surface area is 118 Å². The van der Waals surface area contributed by atoms with Crippen LogP contribution in [0.15, 0.2) is 12.3 Å². The van der Waals surface area contributed by atoms with Gasteiger partial charge in [-0.1, -0.05) is 27.7 Å². The summed E-state index contributed by atoms with van der Waals surface area (Å²) in [6.45, 7) is 11.6. The van der Waals surface area contributed by atoms with E-state index < -0.39 is 0 Å². The second kappa shape index (κ2) is 5.32. The third-order valence-corrected chi connectivity index (χ3v) is 4.51. The molecule has 0 aromatic carbocycles. The molecule has 0 amide bonds. The van der Waals surface area contributed by atoms with Crippen LogP contribution in [0.25, 0.3) is 0 Å². The highest BCUT2D eigenvalue weighted by molar-refractivity contribution is 5.30. The molecule has 1 heterocycles. The van der Waals surface area contributed by atoms with E-state index >= 15 is 0 Å². The van der Waals surface area contributed by atoms with E-state index in [1.165, 1.54) is 24.1 Å². The molecule has 108 valence electrons. The molecular formula is C17H30N2. The van der Waals surface area contributed by atoms with Crippen LogP contribution in [0.4, 0.5) is 0 Å². The van der Waals surface area contributed by atoms with Gasteiger partial charge in [0, 0.05) is 24.0 Å². The van der Waals surface area contributed by atoms with E-state index in [0.717, 1.165) is 18.8 Å². The van der Waals surface area contributed by atoms with Gasteiger partial charge < -0.3 is 10.3 Å². The number of rotatable bonds is 4. The standard InChI is InChI=1S/C17H30N2/c1-12(2)6-7-13(3)19-9-8-14-15(18)10-17(4,5)11-16(14)19/h8-9,12-13,15H,6-7,10-11,18H2,1-5H3. The van der Waals surface area contributed by atoms with Gasteiger partial charge >= 0.3 is 0 Å². The van der Waals surface area contributed by atoms with Crippen molar-refractivity contribution in [3.63, 3.8) is 0 Å². The zero-order chi connectivity index (χ0) is 14.2. The molecule has 2 atom stereocenters. The van der Waals surface area contributed by atoms with Crippen molar-refractivity contribution in [2.45, 2.75) is 72.4 Å². The Balaban J connectivity index is 2.20. The summed E-state index contributed by atoms with van der Waals surface area (Å²) in [4.78, 5) is 0. The second-order valence-electron chi connectivity index (χ2n) is 7.60. The molecule has 0 bridgehead atoms. The van der Waals surface area contributed by atoms with Gasteiger partial charge in [0.25, 0.3) is 0 Å². The Morgan fingerprint density at radius 2 is 2.00 bits per heavy atom. The Hall–Kier alpha value is -0.760. The van der Waals surface area contributed by atoms with Crippen LogP contribution in [0.3, 0.4) is 0 Å². The van der Waals surface area contributed by atoms with Crippen molar-refractivity contribution in [2.75, 3.05) is 0 Å².